The molecular weight excluding hydrogens is 270 g/mol. The van der Waals surface area contributed by atoms with Gasteiger partial charge in [-0.2, -0.15) is 5.26 Å². The molecule has 0 unspecified atom stereocenters. The predicted octanol–water partition coefficient (Wildman–Crippen LogP) is 1.11. The van der Waals surface area contributed by atoms with Crippen LogP contribution >= 0.6 is 11.6 Å². The summed E-state index contributed by atoms with van der Waals surface area (Å²) >= 11 is 5.84. The van der Waals surface area contributed by atoms with Crippen LogP contribution < -0.4 is 11.1 Å². The average molecular weight is 282 g/mol. The molecule has 1 amide bonds. The third-order valence-electron chi connectivity index (χ3n) is 2.14. The molecule has 0 aliphatic rings. The molecule has 0 saturated heterocycles. The molecule has 1 aromatic rings. The minimum Gasteiger partial charge on any atom is -0.452 e. The first-order valence-electron chi connectivity index (χ1n) is 5.41. The Balaban J connectivity index is 2.50. The Bertz CT molecular complexity index is 525. The van der Waals surface area contributed by atoms with Crippen LogP contribution in [0.25, 0.3) is 0 Å². The Kier molecular flexibility index (Phi) is 5.64. The highest BCUT2D eigenvalue weighted by Gasteiger charge is 2.14. The number of amides is 1. The molecule has 0 aromatic heterocycles. The van der Waals surface area contributed by atoms with Gasteiger partial charge in [-0.05, 0) is 12.1 Å². The van der Waals surface area contributed by atoms with Gasteiger partial charge >= 0.3 is 5.97 Å². The first-order valence-corrected chi connectivity index (χ1v) is 5.78. The van der Waals surface area contributed by atoms with Crippen molar-refractivity contribution in [1.29, 1.82) is 5.26 Å². The van der Waals surface area contributed by atoms with Gasteiger partial charge in [0.25, 0.3) is 5.91 Å². The van der Waals surface area contributed by atoms with E-state index >= 15 is 0 Å². The number of nitrogen functional groups attached to an aromatic ring is 1. The standard InChI is InChI=1S/C12H12ClN3O3/c13-11-8(3-1-4-9(11)15)12(18)19-7-10(17)16-6-2-5-14/h1,3-4H,2,6-7,15H2,(H,16,17). The first kappa shape index (κ1) is 14.8. The molecule has 3 N–H and O–H groups in total. The number of nitrogens with one attached hydrogen (secondary N) is 1. The lowest BCUT2D eigenvalue weighted by molar-refractivity contribution is -0.124. The molecule has 0 aliphatic carbocycles. The lowest BCUT2D eigenvalue weighted by Crippen LogP contribution is -2.29. The smallest absolute Gasteiger partial charge is 0.340 e. The third kappa shape index (κ3) is 4.48. The molecule has 1 aromatic carbocycles. The maximum absolute atomic E-state index is 11.7. The normalized spacial score (nSPS) is 9.47. The van der Waals surface area contributed by atoms with Crippen LogP contribution in [0.3, 0.4) is 0 Å². The first-order chi connectivity index (χ1) is 9.06. The average Bonchev–Trinajstić information content (AvgIpc) is 2.39. The molecule has 0 radical (unpaired) electrons. The number of nitriles is 1. The second kappa shape index (κ2) is 7.24. The lowest BCUT2D eigenvalue weighted by Gasteiger charge is -2.07. The van der Waals surface area contributed by atoms with Crippen LogP contribution in [0.1, 0.15) is 16.8 Å². The molecule has 0 spiro atoms. The van der Waals surface area contributed by atoms with Crippen LogP contribution in [0.4, 0.5) is 5.69 Å². The monoisotopic (exact) mass is 281 g/mol. The van der Waals surface area contributed by atoms with Gasteiger partial charge < -0.3 is 15.8 Å². The molecule has 6 nitrogen and oxygen atoms in total. The van der Waals surface area contributed by atoms with Gasteiger partial charge in [0.05, 0.1) is 28.8 Å². The van der Waals surface area contributed by atoms with Crippen LogP contribution in [-0.4, -0.2) is 25.0 Å². The van der Waals surface area contributed by atoms with E-state index in [2.05, 4.69) is 5.32 Å². The zero-order chi connectivity index (χ0) is 14.3. The molecular formula is C12H12ClN3O3. The van der Waals surface area contributed by atoms with E-state index in [4.69, 9.17) is 27.3 Å². The Labute approximate surface area is 115 Å². The summed E-state index contributed by atoms with van der Waals surface area (Å²) in [6.07, 6.45) is 0.195. The molecule has 0 heterocycles. The number of carbonyl (C=O) groups is 2. The number of halogens is 1. The SMILES string of the molecule is N#CCCNC(=O)COC(=O)c1cccc(N)c1Cl. The van der Waals surface area contributed by atoms with E-state index in [1.807, 2.05) is 6.07 Å². The maximum atomic E-state index is 11.7. The third-order valence-corrected chi connectivity index (χ3v) is 2.56. The zero-order valence-electron chi connectivity index (χ0n) is 9.98. The van der Waals surface area contributed by atoms with Crippen LogP contribution in [0, 0.1) is 11.3 Å². The van der Waals surface area contributed by atoms with E-state index in [0.717, 1.165) is 0 Å². The number of rotatable bonds is 5. The summed E-state index contributed by atoms with van der Waals surface area (Å²) in [5.74, 6) is -1.21. The number of benzene rings is 1. The van der Waals surface area contributed by atoms with Crippen LogP contribution in [0.15, 0.2) is 18.2 Å². The quantitative estimate of drug-likeness (QED) is 0.478. The summed E-state index contributed by atoms with van der Waals surface area (Å²) in [5, 5.41) is 10.8. The fourth-order valence-corrected chi connectivity index (χ4v) is 1.43. The molecule has 0 fully saturated rings. The van der Waals surface area contributed by atoms with E-state index < -0.39 is 18.5 Å². The molecule has 0 bridgehead atoms. The number of hydrogen-bond donors (Lipinski definition) is 2. The van der Waals surface area contributed by atoms with Crippen molar-refractivity contribution in [3.05, 3.63) is 28.8 Å². The Hall–Kier alpha value is -2.26. The second-order valence-corrected chi connectivity index (χ2v) is 3.92. The van der Waals surface area contributed by atoms with Gasteiger partial charge in [-0.15, -0.1) is 0 Å². The number of nitrogens with zero attached hydrogens (tertiary/aromatic N) is 1. The largest absolute Gasteiger partial charge is 0.452 e. The molecule has 0 aliphatic heterocycles. The summed E-state index contributed by atoms with van der Waals surface area (Å²) in [7, 11) is 0. The number of ether oxygens (including phenoxy) is 1. The highest BCUT2D eigenvalue weighted by atomic mass is 35.5. The molecule has 100 valence electrons. The van der Waals surface area contributed by atoms with Gasteiger partial charge in [0.15, 0.2) is 6.61 Å². The van der Waals surface area contributed by atoms with Crippen LogP contribution in [0.2, 0.25) is 5.02 Å². The Morgan fingerprint density at radius 3 is 2.89 bits per heavy atom. The lowest BCUT2D eigenvalue weighted by atomic mass is 10.2. The topological polar surface area (TPSA) is 105 Å². The summed E-state index contributed by atoms with van der Waals surface area (Å²) in [4.78, 5) is 22.9. The van der Waals surface area contributed by atoms with Crippen molar-refractivity contribution in [2.24, 2.45) is 0 Å². The van der Waals surface area contributed by atoms with E-state index in [0.29, 0.717) is 0 Å². The zero-order valence-corrected chi connectivity index (χ0v) is 10.7. The minimum atomic E-state index is -0.729. The Morgan fingerprint density at radius 2 is 2.21 bits per heavy atom. The van der Waals surface area contributed by atoms with Crippen molar-refractivity contribution in [2.75, 3.05) is 18.9 Å². The maximum Gasteiger partial charge on any atom is 0.340 e. The van der Waals surface area contributed by atoms with Crippen LogP contribution in [-0.2, 0) is 9.53 Å². The van der Waals surface area contributed by atoms with Crippen molar-refractivity contribution >= 4 is 29.2 Å². The van der Waals surface area contributed by atoms with Gasteiger partial charge in [-0.25, -0.2) is 4.79 Å². The van der Waals surface area contributed by atoms with E-state index in [9.17, 15) is 9.59 Å². The number of nitrogens with two attached hydrogens (primary N) is 1. The predicted molar refractivity (Wildman–Crippen MR) is 69.4 cm³/mol. The van der Waals surface area contributed by atoms with Crippen molar-refractivity contribution in [2.45, 2.75) is 6.42 Å². The highest BCUT2D eigenvalue weighted by Crippen LogP contribution is 2.23. The molecule has 1 rings (SSSR count). The summed E-state index contributed by atoms with van der Waals surface area (Å²) in [5.41, 5.74) is 5.91. The van der Waals surface area contributed by atoms with Gasteiger partial charge in [0.2, 0.25) is 0 Å². The number of anilines is 1. The van der Waals surface area contributed by atoms with Gasteiger partial charge in [-0.3, -0.25) is 4.79 Å². The number of hydrogen-bond acceptors (Lipinski definition) is 5. The Morgan fingerprint density at radius 1 is 1.47 bits per heavy atom. The van der Waals surface area contributed by atoms with E-state index in [1.165, 1.54) is 6.07 Å². The molecule has 0 atom stereocenters. The van der Waals surface area contributed by atoms with Gasteiger partial charge in [0, 0.05) is 6.54 Å². The van der Waals surface area contributed by atoms with Gasteiger partial charge in [0.1, 0.15) is 0 Å². The second-order valence-electron chi connectivity index (χ2n) is 3.54. The molecule has 7 heteroatoms. The van der Waals surface area contributed by atoms with Gasteiger partial charge in [-0.1, -0.05) is 17.7 Å². The fraction of sp³-hybridized carbons (Fsp3) is 0.250. The fourth-order valence-electron chi connectivity index (χ4n) is 1.23. The summed E-state index contributed by atoms with van der Waals surface area (Å²) in [6.45, 7) is -0.221. The number of esters is 1. The van der Waals surface area contributed by atoms with Crippen molar-refractivity contribution in [3.8, 4) is 6.07 Å². The van der Waals surface area contributed by atoms with Crippen molar-refractivity contribution in [3.63, 3.8) is 0 Å². The van der Waals surface area contributed by atoms with Crippen molar-refractivity contribution in [1.82, 2.24) is 5.32 Å². The van der Waals surface area contributed by atoms with Crippen LogP contribution in [0.5, 0.6) is 0 Å². The summed E-state index contributed by atoms with van der Waals surface area (Å²) in [6, 6.07) is 6.44. The summed E-state index contributed by atoms with van der Waals surface area (Å²) < 4.78 is 4.78. The minimum absolute atomic E-state index is 0.0948. The molecule has 19 heavy (non-hydrogen) atoms. The highest BCUT2D eigenvalue weighted by molar-refractivity contribution is 6.36. The van der Waals surface area contributed by atoms with Crippen molar-refractivity contribution < 1.29 is 14.3 Å². The van der Waals surface area contributed by atoms with E-state index in [-0.39, 0.29) is 29.2 Å². The molecule has 0 saturated carbocycles. The van der Waals surface area contributed by atoms with E-state index in [1.54, 1.807) is 12.1 Å². The number of carbonyl (C=O) groups excluding carboxylic acids is 2.